The maximum Gasteiger partial charge on any atom is 0.272 e. The summed E-state index contributed by atoms with van der Waals surface area (Å²) < 4.78 is 5.91. The number of hydrogen-bond acceptors (Lipinski definition) is 5. The number of ether oxygens (including phenoxy) is 1. The summed E-state index contributed by atoms with van der Waals surface area (Å²) in [5.41, 5.74) is 3.80. The monoisotopic (exact) mass is 757 g/mol. The SMILES string of the molecule is O=C(Nc1cccc(SC(C(=O)Nc2cc(Cl)ccc2Cl)c2ccccc2)c1)/C(=C\c1ccc(OCc2ccccc2)cc1)NC(=O)c1ccccc1. The molecule has 6 aromatic rings. The van der Waals surface area contributed by atoms with Gasteiger partial charge in [-0.3, -0.25) is 14.4 Å². The first-order valence-corrected chi connectivity index (χ1v) is 18.2. The molecule has 0 saturated heterocycles. The van der Waals surface area contributed by atoms with Crippen molar-refractivity contribution in [3.63, 3.8) is 0 Å². The van der Waals surface area contributed by atoms with E-state index in [0.717, 1.165) is 11.1 Å². The number of thioether (sulfide) groups is 1. The molecular formula is C43H33Cl2N3O4S. The minimum absolute atomic E-state index is 0.0369. The summed E-state index contributed by atoms with van der Waals surface area (Å²) in [7, 11) is 0. The lowest BCUT2D eigenvalue weighted by Crippen LogP contribution is -2.30. The Morgan fingerprint density at radius 2 is 1.38 bits per heavy atom. The van der Waals surface area contributed by atoms with Crippen molar-refractivity contribution in [2.24, 2.45) is 0 Å². The molecule has 0 aliphatic heterocycles. The van der Waals surface area contributed by atoms with Crippen LogP contribution in [0.3, 0.4) is 0 Å². The topological polar surface area (TPSA) is 96.5 Å². The van der Waals surface area contributed by atoms with Crippen LogP contribution in [0.1, 0.15) is 32.3 Å². The van der Waals surface area contributed by atoms with Gasteiger partial charge in [-0.2, -0.15) is 0 Å². The van der Waals surface area contributed by atoms with E-state index in [4.69, 9.17) is 27.9 Å². The van der Waals surface area contributed by atoms with Crippen molar-refractivity contribution in [2.75, 3.05) is 10.6 Å². The summed E-state index contributed by atoms with van der Waals surface area (Å²) in [6.45, 7) is 0.418. The van der Waals surface area contributed by atoms with Crippen molar-refractivity contribution in [1.29, 1.82) is 0 Å². The number of halogens is 2. The van der Waals surface area contributed by atoms with Crippen LogP contribution < -0.4 is 20.7 Å². The standard InChI is InChI=1S/C43H33Cl2N3O4S/c44-33-21-24-37(45)38(26-33)47-43(51)40(31-13-6-2-7-14-31)53-36-18-10-17-34(27-36)46-42(50)39(48-41(49)32-15-8-3-9-16-32)25-29-19-22-35(23-20-29)52-28-30-11-4-1-5-12-30/h1-27,40H,28H2,(H,46,50)(H,47,51)(H,48,49)/b39-25+. The first-order valence-electron chi connectivity index (χ1n) is 16.5. The molecule has 1 atom stereocenters. The molecule has 0 spiro atoms. The van der Waals surface area contributed by atoms with Crippen molar-refractivity contribution in [2.45, 2.75) is 16.8 Å². The van der Waals surface area contributed by atoms with E-state index in [1.165, 1.54) is 11.8 Å². The Hall–Kier alpha value is -5.80. The van der Waals surface area contributed by atoms with Crippen molar-refractivity contribution < 1.29 is 19.1 Å². The van der Waals surface area contributed by atoms with Crippen LogP contribution in [-0.2, 0) is 16.2 Å². The van der Waals surface area contributed by atoms with Gasteiger partial charge in [-0.25, -0.2) is 0 Å². The van der Waals surface area contributed by atoms with Crippen molar-refractivity contribution in [3.8, 4) is 5.75 Å². The molecule has 6 rings (SSSR count). The molecule has 0 aromatic heterocycles. The minimum atomic E-state index is -0.669. The predicted octanol–water partition coefficient (Wildman–Crippen LogP) is 10.5. The van der Waals surface area contributed by atoms with Crippen LogP contribution in [0.15, 0.2) is 168 Å². The Balaban J connectivity index is 1.21. The highest BCUT2D eigenvalue weighted by Crippen LogP contribution is 2.38. The molecule has 0 aliphatic rings. The molecule has 1 unspecified atom stereocenters. The van der Waals surface area contributed by atoms with Gasteiger partial charge in [0.15, 0.2) is 0 Å². The Labute approximate surface area is 322 Å². The molecule has 0 saturated carbocycles. The normalized spacial score (nSPS) is 11.6. The number of rotatable bonds is 13. The molecular weight excluding hydrogens is 725 g/mol. The lowest BCUT2D eigenvalue weighted by atomic mass is 10.1. The minimum Gasteiger partial charge on any atom is -0.489 e. The van der Waals surface area contributed by atoms with Crippen molar-refractivity contribution >= 4 is 70.1 Å². The molecule has 10 heteroatoms. The molecule has 7 nitrogen and oxygen atoms in total. The molecule has 0 bridgehead atoms. The van der Waals surface area contributed by atoms with Crippen LogP contribution >= 0.6 is 35.0 Å². The fraction of sp³-hybridized carbons (Fsp3) is 0.0465. The third-order valence-electron chi connectivity index (χ3n) is 7.84. The quantitative estimate of drug-likeness (QED) is 0.0805. The van der Waals surface area contributed by atoms with Crippen LogP contribution in [-0.4, -0.2) is 17.7 Å². The molecule has 0 fully saturated rings. The van der Waals surface area contributed by atoms with Crippen LogP contribution in [0.5, 0.6) is 5.75 Å². The van der Waals surface area contributed by atoms with Gasteiger partial charge in [0.05, 0.1) is 10.7 Å². The highest BCUT2D eigenvalue weighted by atomic mass is 35.5. The Morgan fingerprint density at radius 3 is 2.09 bits per heavy atom. The van der Waals surface area contributed by atoms with Gasteiger partial charge >= 0.3 is 0 Å². The van der Waals surface area contributed by atoms with Crippen LogP contribution in [0.25, 0.3) is 6.08 Å². The summed E-state index contributed by atoms with van der Waals surface area (Å²) in [6.07, 6.45) is 1.60. The summed E-state index contributed by atoms with van der Waals surface area (Å²) in [6, 6.07) is 47.1. The molecule has 3 amide bonds. The summed E-state index contributed by atoms with van der Waals surface area (Å²) in [5, 5.41) is 8.73. The smallest absolute Gasteiger partial charge is 0.272 e. The second kappa shape index (κ2) is 18.1. The summed E-state index contributed by atoms with van der Waals surface area (Å²) in [4.78, 5) is 41.4. The number of carbonyl (C=O) groups excluding carboxylic acids is 3. The highest BCUT2D eigenvalue weighted by Gasteiger charge is 2.24. The third kappa shape index (κ3) is 10.6. The van der Waals surface area contributed by atoms with E-state index in [2.05, 4.69) is 16.0 Å². The number of benzene rings is 6. The Morgan fingerprint density at radius 1 is 0.698 bits per heavy atom. The fourth-order valence-corrected chi connectivity index (χ4v) is 6.60. The fourth-order valence-electron chi connectivity index (χ4n) is 5.18. The van der Waals surface area contributed by atoms with Crippen LogP contribution in [0, 0.1) is 0 Å². The molecule has 0 aliphatic carbocycles. The largest absolute Gasteiger partial charge is 0.489 e. The predicted molar refractivity (Wildman–Crippen MR) is 214 cm³/mol. The maximum atomic E-state index is 13.8. The average Bonchev–Trinajstić information content (AvgIpc) is 3.19. The van der Waals surface area contributed by atoms with E-state index in [-0.39, 0.29) is 11.6 Å². The first-order chi connectivity index (χ1) is 25.8. The van der Waals surface area contributed by atoms with E-state index < -0.39 is 17.1 Å². The lowest BCUT2D eigenvalue weighted by molar-refractivity contribution is -0.116. The average molecular weight is 759 g/mol. The van der Waals surface area contributed by atoms with Gasteiger partial charge in [0.25, 0.3) is 11.8 Å². The maximum absolute atomic E-state index is 13.8. The summed E-state index contributed by atoms with van der Waals surface area (Å²) in [5.74, 6) is -0.604. The number of amides is 3. The second-order valence-electron chi connectivity index (χ2n) is 11.7. The molecule has 264 valence electrons. The number of nitrogens with one attached hydrogen (secondary N) is 3. The van der Waals surface area contributed by atoms with E-state index in [1.54, 1.807) is 66.7 Å². The van der Waals surface area contributed by atoms with Crippen molar-refractivity contribution in [3.05, 3.63) is 196 Å². The highest BCUT2D eigenvalue weighted by molar-refractivity contribution is 8.00. The van der Waals surface area contributed by atoms with E-state index in [9.17, 15) is 14.4 Å². The number of hydrogen-bond donors (Lipinski definition) is 3. The van der Waals surface area contributed by atoms with E-state index in [1.807, 2.05) is 97.1 Å². The van der Waals surface area contributed by atoms with E-state index >= 15 is 0 Å². The zero-order chi connectivity index (χ0) is 37.0. The first kappa shape index (κ1) is 37.0. The van der Waals surface area contributed by atoms with Gasteiger partial charge < -0.3 is 20.7 Å². The molecule has 6 aromatic carbocycles. The zero-order valence-electron chi connectivity index (χ0n) is 28.2. The lowest BCUT2D eigenvalue weighted by Gasteiger charge is -2.18. The van der Waals surface area contributed by atoms with Gasteiger partial charge in [0.2, 0.25) is 5.91 Å². The summed E-state index contributed by atoms with van der Waals surface area (Å²) >= 11 is 13.8. The van der Waals surface area contributed by atoms with Crippen LogP contribution in [0.4, 0.5) is 11.4 Å². The van der Waals surface area contributed by atoms with Crippen molar-refractivity contribution in [1.82, 2.24) is 5.32 Å². The van der Waals surface area contributed by atoms with Crippen LogP contribution in [0.2, 0.25) is 10.0 Å². The second-order valence-corrected chi connectivity index (χ2v) is 13.7. The Bertz CT molecular complexity index is 2220. The van der Waals surface area contributed by atoms with Gasteiger partial charge in [-0.05, 0) is 83.4 Å². The molecule has 3 N–H and O–H groups in total. The molecule has 53 heavy (non-hydrogen) atoms. The Kier molecular flexibility index (Phi) is 12.6. The molecule has 0 radical (unpaired) electrons. The van der Waals surface area contributed by atoms with Gasteiger partial charge in [0, 0.05) is 21.2 Å². The third-order valence-corrected chi connectivity index (χ3v) is 9.65. The molecule has 0 heterocycles. The van der Waals surface area contributed by atoms with Gasteiger partial charge in [0.1, 0.15) is 23.3 Å². The van der Waals surface area contributed by atoms with E-state index in [0.29, 0.717) is 49.8 Å². The van der Waals surface area contributed by atoms with Gasteiger partial charge in [-0.15, -0.1) is 11.8 Å². The van der Waals surface area contributed by atoms with Gasteiger partial charge in [-0.1, -0.05) is 120 Å². The zero-order valence-corrected chi connectivity index (χ0v) is 30.5. The number of carbonyl (C=O) groups is 3. The number of anilines is 2.